The molecule has 2 atom stereocenters. The van der Waals surface area contributed by atoms with Gasteiger partial charge in [0.15, 0.2) is 5.82 Å². The summed E-state index contributed by atoms with van der Waals surface area (Å²) in [6, 6.07) is 29.9. The van der Waals surface area contributed by atoms with Crippen LogP contribution in [0.25, 0.3) is 0 Å². The fraction of sp³-hybridized carbons (Fsp3) is 0.333. The van der Waals surface area contributed by atoms with Crippen molar-refractivity contribution in [2.45, 2.75) is 50.5 Å². The molecule has 0 bridgehead atoms. The van der Waals surface area contributed by atoms with Crippen LogP contribution in [0.3, 0.4) is 0 Å². The molecule has 8 heteroatoms. The van der Waals surface area contributed by atoms with Crippen molar-refractivity contribution in [1.29, 1.82) is 0 Å². The van der Waals surface area contributed by atoms with Gasteiger partial charge in [-0.15, -0.1) is 0 Å². The lowest BCUT2D eigenvalue weighted by atomic mass is 9.77. The maximum absolute atomic E-state index is 12.9. The maximum Gasteiger partial charge on any atom is 0.333 e. The first-order chi connectivity index (χ1) is 18.1. The molecule has 1 fully saturated rings. The Morgan fingerprint density at radius 2 is 1.21 bits per heavy atom. The first kappa shape index (κ1) is 26.5. The fourth-order valence-corrected chi connectivity index (χ4v) is 8.45. The van der Waals surface area contributed by atoms with Crippen LogP contribution < -0.4 is 5.32 Å². The average Bonchev–Trinajstić information content (AvgIpc) is 3.52. The van der Waals surface area contributed by atoms with Crippen LogP contribution in [0.5, 0.6) is 0 Å². The zero-order valence-electron chi connectivity index (χ0n) is 22.1. The first-order valence-corrected chi connectivity index (χ1v) is 14.7. The molecular formula is C30H35N4O3P. The summed E-state index contributed by atoms with van der Waals surface area (Å²) in [4.78, 5) is 25.8. The van der Waals surface area contributed by atoms with Crippen LogP contribution in [0.4, 0.5) is 0 Å². The second-order valence-electron chi connectivity index (χ2n) is 10.7. The molecule has 1 aromatic heterocycles. The van der Waals surface area contributed by atoms with Crippen molar-refractivity contribution in [2.75, 3.05) is 0 Å². The Balaban J connectivity index is 1.67. The molecular weight excluding hydrogens is 495 g/mol. The van der Waals surface area contributed by atoms with Crippen molar-refractivity contribution in [3.05, 3.63) is 120 Å². The van der Waals surface area contributed by atoms with Crippen molar-refractivity contribution in [3.63, 3.8) is 0 Å². The molecule has 0 amide bonds. The molecule has 0 radical (unpaired) electrons. The summed E-state index contributed by atoms with van der Waals surface area (Å²) in [5.74, 6) is 0.0382. The summed E-state index contributed by atoms with van der Waals surface area (Å²) in [5, 5.41) is 7.15. The van der Waals surface area contributed by atoms with Crippen molar-refractivity contribution in [1.82, 2.24) is 20.1 Å². The van der Waals surface area contributed by atoms with E-state index in [0.29, 0.717) is 5.82 Å². The Hall–Kier alpha value is -3.09. The lowest BCUT2D eigenvalue weighted by molar-refractivity contribution is 0.230. The van der Waals surface area contributed by atoms with Gasteiger partial charge >= 0.3 is 7.60 Å². The van der Waals surface area contributed by atoms with Gasteiger partial charge in [0.05, 0.1) is 11.2 Å². The molecule has 4 aromatic rings. The van der Waals surface area contributed by atoms with E-state index >= 15 is 0 Å². The molecule has 1 aliphatic rings. The van der Waals surface area contributed by atoms with Gasteiger partial charge in [0.25, 0.3) is 0 Å². The summed E-state index contributed by atoms with van der Waals surface area (Å²) in [7, 11) is -4.46. The largest absolute Gasteiger partial charge is 0.333 e. The maximum atomic E-state index is 12.9. The number of hydrogen-bond acceptors (Lipinski definition) is 4. The highest BCUT2D eigenvalue weighted by Gasteiger charge is 2.65. The zero-order valence-corrected chi connectivity index (χ0v) is 23.0. The predicted octanol–water partition coefficient (Wildman–Crippen LogP) is 5.36. The third-order valence-electron chi connectivity index (χ3n) is 8.14. The van der Waals surface area contributed by atoms with E-state index in [4.69, 9.17) is 10.1 Å². The fourth-order valence-electron chi connectivity index (χ4n) is 6.52. The predicted molar refractivity (Wildman–Crippen MR) is 149 cm³/mol. The smallest absolute Gasteiger partial charge is 0.324 e. The third kappa shape index (κ3) is 4.05. The van der Waals surface area contributed by atoms with Crippen LogP contribution in [0, 0.1) is 11.8 Å². The summed E-state index contributed by atoms with van der Waals surface area (Å²) in [6.07, 6.45) is 1.74. The summed E-state index contributed by atoms with van der Waals surface area (Å²) < 4.78 is 14.8. The van der Waals surface area contributed by atoms with E-state index in [1.54, 1.807) is 6.33 Å². The minimum Gasteiger partial charge on any atom is -0.324 e. The van der Waals surface area contributed by atoms with Gasteiger partial charge in [-0.05, 0) is 28.5 Å². The van der Waals surface area contributed by atoms with E-state index in [0.717, 1.165) is 16.7 Å². The number of nitrogens with zero attached hydrogens (tertiary/aromatic N) is 3. The highest BCUT2D eigenvalue weighted by atomic mass is 31.2. The standard InChI is InChI=1S/C30H35N4O3P/c1-21(2)30(22(3)4,38(35,36)37)27-26(32-27)28-31-20-34(33-28)29(23-14-8-5-9-15-23,24-16-10-6-11-17-24)25-18-12-7-13-19-25/h5-22,26-27,32H,1-4H3,(H2,35,36,37). The van der Waals surface area contributed by atoms with Gasteiger partial charge in [-0.3, -0.25) is 9.88 Å². The highest BCUT2D eigenvalue weighted by Crippen LogP contribution is 2.64. The third-order valence-corrected chi connectivity index (χ3v) is 10.5. The number of benzene rings is 3. The monoisotopic (exact) mass is 530 g/mol. The molecule has 198 valence electrons. The molecule has 5 rings (SSSR count). The molecule has 2 unspecified atom stereocenters. The normalized spacial score (nSPS) is 18.2. The molecule has 0 saturated carbocycles. The van der Waals surface area contributed by atoms with Crippen molar-refractivity contribution < 1.29 is 14.4 Å². The van der Waals surface area contributed by atoms with Gasteiger partial charge in [0.1, 0.15) is 11.9 Å². The Morgan fingerprint density at radius 3 is 1.58 bits per heavy atom. The summed E-state index contributed by atoms with van der Waals surface area (Å²) >= 11 is 0. The Kier molecular flexibility index (Phi) is 6.91. The Labute approximate surface area is 224 Å². The molecule has 3 aromatic carbocycles. The lowest BCUT2D eigenvalue weighted by Gasteiger charge is -2.41. The second kappa shape index (κ2) is 9.90. The van der Waals surface area contributed by atoms with E-state index in [1.165, 1.54) is 0 Å². The topological polar surface area (TPSA) is 110 Å². The molecule has 0 spiro atoms. The Morgan fingerprint density at radius 1 is 0.789 bits per heavy atom. The van der Waals surface area contributed by atoms with Crippen LogP contribution in [0.2, 0.25) is 0 Å². The number of hydrogen-bond donors (Lipinski definition) is 3. The van der Waals surface area contributed by atoms with E-state index in [1.807, 2.05) is 87.0 Å². The van der Waals surface area contributed by atoms with Gasteiger partial charge in [-0.2, -0.15) is 5.10 Å². The van der Waals surface area contributed by atoms with E-state index in [2.05, 4.69) is 41.7 Å². The molecule has 1 aliphatic heterocycles. The van der Waals surface area contributed by atoms with E-state index in [9.17, 15) is 14.4 Å². The highest BCUT2D eigenvalue weighted by molar-refractivity contribution is 7.53. The molecule has 0 aliphatic carbocycles. The average molecular weight is 531 g/mol. The van der Waals surface area contributed by atoms with Gasteiger partial charge in [-0.25, -0.2) is 9.67 Å². The molecule has 7 nitrogen and oxygen atoms in total. The summed E-state index contributed by atoms with van der Waals surface area (Å²) in [6.45, 7) is 7.53. The second-order valence-corrected chi connectivity index (χ2v) is 12.6. The van der Waals surface area contributed by atoms with Gasteiger partial charge in [0, 0.05) is 6.04 Å². The number of aromatic nitrogens is 3. The SMILES string of the molecule is CC(C)C(C(C)C)(C1NC1c1ncn(C(c2ccccc2)(c2ccccc2)c2ccccc2)n1)P(=O)(O)O. The van der Waals surface area contributed by atoms with Crippen molar-refractivity contribution >= 4 is 7.60 Å². The number of rotatable bonds is 9. The van der Waals surface area contributed by atoms with Crippen LogP contribution in [-0.4, -0.2) is 35.7 Å². The van der Waals surface area contributed by atoms with Crippen LogP contribution in [0.1, 0.15) is 56.3 Å². The quantitative estimate of drug-likeness (QED) is 0.153. The molecule has 38 heavy (non-hydrogen) atoms. The minimum atomic E-state index is -4.46. The number of nitrogens with one attached hydrogen (secondary N) is 1. The summed E-state index contributed by atoms with van der Waals surface area (Å²) in [5.41, 5.74) is 2.30. The van der Waals surface area contributed by atoms with Gasteiger partial charge in [-0.1, -0.05) is 119 Å². The molecule has 2 heterocycles. The van der Waals surface area contributed by atoms with Crippen molar-refractivity contribution in [3.8, 4) is 0 Å². The van der Waals surface area contributed by atoms with Gasteiger partial charge in [0.2, 0.25) is 0 Å². The Bertz CT molecular complexity index is 1310. The zero-order chi connectivity index (χ0) is 27.1. The van der Waals surface area contributed by atoms with Crippen LogP contribution in [0.15, 0.2) is 97.3 Å². The lowest BCUT2D eigenvalue weighted by Crippen LogP contribution is -2.47. The first-order valence-electron chi connectivity index (χ1n) is 13.1. The molecule has 1 saturated heterocycles. The van der Waals surface area contributed by atoms with Gasteiger partial charge < -0.3 is 9.79 Å². The minimum absolute atomic E-state index is 0.245. The van der Waals surface area contributed by atoms with E-state index < -0.39 is 24.3 Å². The van der Waals surface area contributed by atoms with Crippen molar-refractivity contribution in [2.24, 2.45) is 11.8 Å². The molecule has 3 N–H and O–H groups in total. The van der Waals surface area contributed by atoms with Crippen LogP contribution in [-0.2, 0) is 10.1 Å². The van der Waals surface area contributed by atoms with E-state index in [-0.39, 0.29) is 17.9 Å². The van der Waals surface area contributed by atoms with Crippen LogP contribution >= 0.6 is 7.60 Å².